The fourth-order valence-corrected chi connectivity index (χ4v) is 1.38. The van der Waals surface area contributed by atoms with E-state index in [0.29, 0.717) is 5.82 Å². The summed E-state index contributed by atoms with van der Waals surface area (Å²) in [4.78, 5) is 3.96. The van der Waals surface area contributed by atoms with Crippen molar-refractivity contribution < 1.29 is 4.74 Å². The number of hydrogen-bond donors (Lipinski definition) is 1. The van der Waals surface area contributed by atoms with Gasteiger partial charge in [-0.1, -0.05) is 13.3 Å². The highest BCUT2D eigenvalue weighted by Gasteiger charge is 1.95. The molecule has 0 saturated carbocycles. The van der Waals surface area contributed by atoms with Crippen molar-refractivity contribution >= 4 is 5.82 Å². The van der Waals surface area contributed by atoms with Crippen molar-refractivity contribution in [3.63, 3.8) is 0 Å². The van der Waals surface area contributed by atoms with Gasteiger partial charge < -0.3 is 10.5 Å². The lowest BCUT2D eigenvalue weighted by Crippen LogP contribution is -1.99. The van der Waals surface area contributed by atoms with E-state index in [1.54, 1.807) is 6.20 Å². The van der Waals surface area contributed by atoms with Gasteiger partial charge in [-0.25, -0.2) is 4.98 Å². The minimum absolute atomic E-state index is 0.597. The molecule has 0 spiro atoms. The molecule has 0 radical (unpaired) electrons. The van der Waals surface area contributed by atoms with Crippen LogP contribution < -0.4 is 5.73 Å². The number of pyridine rings is 1. The van der Waals surface area contributed by atoms with Crippen molar-refractivity contribution in [2.45, 2.75) is 32.6 Å². The molecule has 0 aliphatic heterocycles. The molecule has 1 rings (SSSR count). The Labute approximate surface area is 91.7 Å². The van der Waals surface area contributed by atoms with Crippen molar-refractivity contribution in [3.8, 4) is 0 Å². The molecule has 1 aromatic rings. The van der Waals surface area contributed by atoms with Crippen LogP contribution in [-0.4, -0.2) is 18.2 Å². The van der Waals surface area contributed by atoms with Gasteiger partial charge in [-0.3, -0.25) is 0 Å². The van der Waals surface area contributed by atoms with Crippen LogP contribution in [0.15, 0.2) is 18.3 Å². The third-order valence-electron chi connectivity index (χ3n) is 2.24. The first-order valence-corrected chi connectivity index (χ1v) is 5.61. The van der Waals surface area contributed by atoms with Gasteiger partial charge in [0.05, 0.1) is 0 Å². The minimum Gasteiger partial charge on any atom is -0.384 e. The Hall–Kier alpha value is -1.09. The predicted molar refractivity (Wildman–Crippen MR) is 62.7 cm³/mol. The molecule has 0 aliphatic rings. The number of nitrogens with two attached hydrogens (primary N) is 1. The number of ether oxygens (including phenoxy) is 1. The maximum Gasteiger partial charge on any atom is 0.123 e. The van der Waals surface area contributed by atoms with Gasteiger partial charge in [-0.2, -0.15) is 0 Å². The summed E-state index contributed by atoms with van der Waals surface area (Å²) in [5.41, 5.74) is 6.82. The van der Waals surface area contributed by atoms with Crippen LogP contribution in [-0.2, 0) is 11.2 Å². The van der Waals surface area contributed by atoms with Gasteiger partial charge in [0.1, 0.15) is 5.82 Å². The van der Waals surface area contributed by atoms with E-state index >= 15 is 0 Å². The molecule has 15 heavy (non-hydrogen) atoms. The van der Waals surface area contributed by atoms with E-state index in [1.165, 1.54) is 12.0 Å². The first kappa shape index (κ1) is 12.0. The molecule has 0 atom stereocenters. The Kier molecular flexibility index (Phi) is 5.78. The number of aryl methyl sites for hydroxylation is 1. The molecule has 1 aromatic heterocycles. The summed E-state index contributed by atoms with van der Waals surface area (Å²) in [6.07, 6.45) is 6.16. The summed E-state index contributed by atoms with van der Waals surface area (Å²) in [6, 6.07) is 3.93. The molecule has 0 amide bonds. The lowest BCUT2D eigenvalue weighted by molar-refractivity contribution is 0.129. The normalized spacial score (nSPS) is 10.5. The number of rotatable bonds is 7. The van der Waals surface area contributed by atoms with E-state index < -0.39 is 0 Å². The van der Waals surface area contributed by atoms with E-state index in [1.807, 2.05) is 12.1 Å². The lowest BCUT2D eigenvalue weighted by atomic mass is 10.1. The molecule has 3 nitrogen and oxygen atoms in total. The summed E-state index contributed by atoms with van der Waals surface area (Å²) < 4.78 is 5.48. The highest BCUT2D eigenvalue weighted by molar-refractivity contribution is 5.31. The molecule has 0 fully saturated rings. The van der Waals surface area contributed by atoms with E-state index in [-0.39, 0.29) is 0 Å². The van der Waals surface area contributed by atoms with Crippen LogP contribution in [0, 0.1) is 0 Å². The molecule has 0 aliphatic carbocycles. The molecule has 0 aromatic carbocycles. The Morgan fingerprint density at radius 3 is 2.87 bits per heavy atom. The minimum atomic E-state index is 0.597. The number of anilines is 1. The zero-order valence-electron chi connectivity index (χ0n) is 9.41. The quantitative estimate of drug-likeness (QED) is 0.700. The zero-order valence-corrected chi connectivity index (χ0v) is 9.41. The molecule has 3 heteroatoms. The summed E-state index contributed by atoms with van der Waals surface area (Å²) >= 11 is 0. The topological polar surface area (TPSA) is 48.1 Å². The molecule has 2 N–H and O–H groups in total. The van der Waals surface area contributed by atoms with Gasteiger partial charge in [-0.15, -0.1) is 0 Å². The highest BCUT2D eigenvalue weighted by atomic mass is 16.5. The van der Waals surface area contributed by atoms with E-state index in [4.69, 9.17) is 10.5 Å². The first-order valence-electron chi connectivity index (χ1n) is 5.61. The maximum absolute atomic E-state index is 5.59. The van der Waals surface area contributed by atoms with Crippen LogP contribution in [0.4, 0.5) is 5.82 Å². The van der Waals surface area contributed by atoms with E-state index in [2.05, 4.69) is 11.9 Å². The smallest absolute Gasteiger partial charge is 0.123 e. The Balaban J connectivity index is 2.10. The average molecular weight is 208 g/mol. The van der Waals surface area contributed by atoms with Gasteiger partial charge in [-0.05, 0) is 37.0 Å². The van der Waals surface area contributed by atoms with E-state index in [0.717, 1.165) is 32.5 Å². The molecule has 0 unspecified atom stereocenters. The Morgan fingerprint density at radius 1 is 1.33 bits per heavy atom. The molecule has 1 heterocycles. The van der Waals surface area contributed by atoms with Gasteiger partial charge >= 0.3 is 0 Å². The van der Waals surface area contributed by atoms with Crippen molar-refractivity contribution in [1.82, 2.24) is 4.98 Å². The summed E-state index contributed by atoms with van der Waals surface area (Å²) in [5.74, 6) is 0.597. The monoisotopic (exact) mass is 208 g/mol. The van der Waals surface area contributed by atoms with Gasteiger partial charge in [0.2, 0.25) is 0 Å². The van der Waals surface area contributed by atoms with Crippen LogP contribution in [0.1, 0.15) is 31.7 Å². The van der Waals surface area contributed by atoms with Crippen LogP contribution in [0.25, 0.3) is 0 Å². The largest absolute Gasteiger partial charge is 0.384 e. The molecule has 84 valence electrons. The van der Waals surface area contributed by atoms with E-state index in [9.17, 15) is 0 Å². The second kappa shape index (κ2) is 7.23. The Morgan fingerprint density at radius 2 is 2.13 bits per heavy atom. The predicted octanol–water partition coefficient (Wildman–Crippen LogP) is 2.41. The number of nitrogen functional groups attached to an aromatic ring is 1. The fourth-order valence-electron chi connectivity index (χ4n) is 1.38. The number of unbranched alkanes of at least 4 members (excludes halogenated alkanes) is 1. The fraction of sp³-hybridized carbons (Fsp3) is 0.583. The van der Waals surface area contributed by atoms with Gasteiger partial charge in [0.25, 0.3) is 0 Å². The Bertz CT molecular complexity index is 276. The number of aromatic nitrogens is 1. The third-order valence-corrected chi connectivity index (χ3v) is 2.24. The second-order valence-electron chi connectivity index (χ2n) is 3.66. The van der Waals surface area contributed by atoms with Crippen molar-refractivity contribution in [3.05, 3.63) is 23.9 Å². The maximum atomic E-state index is 5.59. The summed E-state index contributed by atoms with van der Waals surface area (Å²) in [6.45, 7) is 3.89. The lowest BCUT2D eigenvalue weighted by Gasteiger charge is -2.03. The molecular formula is C12H20N2O. The van der Waals surface area contributed by atoms with Crippen molar-refractivity contribution in [2.24, 2.45) is 0 Å². The van der Waals surface area contributed by atoms with Gasteiger partial charge in [0.15, 0.2) is 0 Å². The molecule has 0 saturated heterocycles. The molecular weight excluding hydrogens is 188 g/mol. The second-order valence-corrected chi connectivity index (χ2v) is 3.66. The molecule has 0 bridgehead atoms. The highest BCUT2D eigenvalue weighted by Crippen LogP contribution is 2.05. The zero-order chi connectivity index (χ0) is 10.9. The number of nitrogens with zero attached hydrogens (tertiary/aromatic N) is 1. The first-order chi connectivity index (χ1) is 7.33. The third kappa shape index (κ3) is 5.37. The van der Waals surface area contributed by atoms with Crippen molar-refractivity contribution in [2.75, 3.05) is 18.9 Å². The SMILES string of the molecule is CCCCOCCCc1ccnc(N)c1. The average Bonchev–Trinajstić information content (AvgIpc) is 2.23. The summed E-state index contributed by atoms with van der Waals surface area (Å²) in [7, 11) is 0. The number of hydrogen-bond acceptors (Lipinski definition) is 3. The van der Waals surface area contributed by atoms with Crippen LogP contribution in [0.5, 0.6) is 0 Å². The summed E-state index contributed by atoms with van der Waals surface area (Å²) in [5, 5.41) is 0. The van der Waals surface area contributed by atoms with Gasteiger partial charge in [0, 0.05) is 19.4 Å². The van der Waals surface area contributed by atoms with Crippen LogP contribution in [0.2, 0.25) is 0 Å². The van der Waals surface area contributed by atoms with Crippen molar-refractivity contribution in [1.29, 1.82) is 0 Å². The van der Waals surface area contributed by atoms with Crippen LogP contribution >= 0.6 is 0 Å². The van der Waals surface area contributed by atoms with Crippen LogP contribution in [0.3, 0.4) is 0 Å². The standard InChI is InChI=1S/C12H20N2O/c1-2-3-8-15-9-4-5-11-6-7-14-12(13)10-11/h6-7,10H,2-5,8-9H2,1H3,(H2,13,14).